The van der Waals surface area contributed by atoms with Crippen LogP contribution < -0.4 is 5.73 Å². The van der Waals surface area contributed by atoms with Crippen molar-refractivity contribution in [1.29, 1.82) is 0 Å². The molecule has 1 heterocycles. The number of amides is 1. The molecule has 0 aromatic heterocycles. The molecule has 0 aromatic rings. The first-order chi connectivity index (χ1) is 5.70. The zero-order valence-corrected chi connectivity index (χ0v) is 7.58. The second-order valence-corrected chi connectivity index (χ2v) is 3.62. The Balaban J connectivity index is 2.24. The van der Waals surface area contributed by atoms with E-state index in [0.717, 1.165) is 26.1 Å². The van der Waals surface area contributed by atoms with E-state index in [2.05, 4.69) is 0 Å². The van der Waals surface area contributed by atoms with Gasteiger partial charge in [0.05, 0.1) is 0 Å². The first-order valence-electron chi connectivity index (χ1n) is 4.57. The van der Waals surface area contributed by atoms with E-state index in [0.29, 0.717) is 5.92 Å². The van der Waals surface area contributed by atoms with Gasteiger partial charge in [0.1, 0.15) is 0 Å². The van der Waals surface area contributed by atoms with E-state index >= 15 is 0 Å². The van der Waals surface area contributed by atoms with Crippen molar-refractivity contribution in [2.45, 2.75) is 26.2 Å². The maximum atomic E-state index is 10.8. The fraction of sp³-hybridized carbons (Fsp3) is 0.889. The molecule has 0 radical (unpaired) electrons. The molecular formula is C9H17NO2. The van der Waals surface area contributed by atoms with Crippen LogP contribution in [0.4, 0.5) is 0 Å². The van der Waals surface area contributed by atoms with Gasteiger partial charge < -0.3 is 10.5 Å². The van der Waals surface area contributed by atoms with Gasteiger partial charge in [-0.25, -0.2) is 0 Å². The van der Waals surface area contributed by atoms with E-state index in [4.69, 9.17) is 10.5 Å². The predicted molar refractivity (Wildman–Crippen MR) is 46.5 cm³/mol. The summed E-state index contributed by atoms with van der Waals surface area (Å²) in [7, 11) is 0. The minimum Gasteiger partial charge on any atom is -0.381 e. The van der Waals surface area contributed by atoms with Gasteiger partial charge in [-0.05, 0) is 25.2 Å². The number of hydrogen-bond acceptors (Lipinski definition) is 2. The number of ether oxygens (including phenoxy) is 1. The highest BCUT2D eigenvalue weighted by atomic mass is 16.5. The van der Waals surface area contributed by atoms with Crippen molar-refractivity contribution < 1.29 is 9.53 Å². The average Bonchev–Trinajstić information content (AvgIpc) is 2.06. The van der Waals surface area contributed by atoms with E-state index in [9.17, 15) is 4.79 Å². The van der Waals surface area contributed by atoms with Crippen molar-refractivity contribution in [1.82, 2.24) is 0 Å². The van der Waals surface area contributed by atoms with Gasteiger partial charge >= 0.3 is 0 Å². The molecular weight excluding hydrogens is 154 g/mol. The lowest BCUT2D eigenvalue weighted by Crippen LogP contribution is -2.26. The third-order valence-corrected chi connectivity index (χ3v) is 2.43. The highest BCUT2D eigenvalue weighted by Crippen LogP contribution is 2.21. The Labute approximate surface area is 73.3 Å². The maximum absolute atomic E-state index is 10.8. The molecule has 3 heteroatoms. The molecule has 1 unspecified atom stereocenters. The van der Waals surface area contributed by atoms with Gasteiger partial charge in [0, 0.05) is 19.1 Å². The molecule has 1 aliphatic heterocycles. The first kappa shape index (κ1) is 9.52. The number of hydrogen-bond donors (Lipinski definition) is 1. The minimum atomic E-state index is -0.194. The van der Waals surface area contributed by atoms with Crippen molar-refractivity contribution >= 4 is 5.91 Å². The largest absolute Gasteiger partial charge is 0.381 e. The molecule has 2 N–H and O–H groups in total. The van der Waals surface area contributed by atoms with Crippen LogP contribution in [0.2, 0.25) is 0 Å². The summed E-state index contributed by atoms with van der Waals surface area (Å²) in [6.07, 6.45) is 3.18. The molecule has 0 saturated carbocycles. The number of carbonyl (C=O) groups excluding carboxylic acids is 1. The highest BCUT2D eigenvalue weighted by Gasteiger charge is 2.19. The second-order valence-electron chi connectivity index (χ2n) is 3.62. The van der Waals surface area contributed by atoms with Crippen LogP contribution in [-0.2, 0) is 9.53 Å². The molecule has 1 amide bonds. The van der Waals surface area contributed by atoms with E-state index in [1.807, 2.05) is 6.92 Å². The van der Waals surface area contributed by atoms with E-state index in [1.165, 1.54) is 6.42 Å². The van der Waals surface area contributed by atoms with E-state index in [-0.39, 0.29) is 11.8 Å². The fourth-order valence-corrected chi connectivity index (χ4v) is 1.61. The van der Waals surface area contributed by atoms with Crippen molar-refractivity contribution in [3.8, 4) is 0 Å². The number of nitrogens with two attached hydrogens (primary N) is 1. The van der Waals surface area contributed by atoms with Crippen LogP contribution in [0, 0.1) is 11.8 Å². The summed E-state index contributed by atoms with van der Waals surface area (Å²) in [5, 5.41) is 0. The Kier molecular flexibility index (Phi) is 3.53. The zero-order chi connectivity index (χ0) is 8.97. The van der Waals surface area contributed by atoms with Gasteiger partial charge in [0.15, 0.2) is 0 Å². The maximum Gasteiger partial charge on any atom is 0.220 e. The van der Waals surface area contributed by atoms with Crippen LogP contribution in [0.5, 0.6) is 0 Å². The van der Waals surface area contributed by atoms with Crippen LogP contribution in [0.25, 0.3) is 0 Å². The number of primary amides is 1. The Hall–Kier alpha value is -0.570. The molecule has 1 aliphatic rings. The van der Waals surface area contributed by atoms with Gasteiger partial charge in [0.2, 0.25) is 5.91 Å². The van der Waals surface area contributed by atoms with Crippen LogP contribution in [0.15, 0.2) is 0 Å². The first-order valence-corrected chi connectivity index (χ1v) is 4.57. The summed E-state index contributed by atoms with van der Waals surface area (Å²) < 4.78 is 5.31. The average molecular weight is 171 g/mol. The monoisotopic (exact) mass is 171 g/mol. The molecule has 1 fully saturated rings. The molecule has 12 heavy (non-hydrogen) atoms. The Morgan fingerprint density at radius 2 is 2.50 bits per heavy atom. The third kappa shape index (κ3) is 2.81. The standard InChI is InChI=1S/C9H17NO2/c1-7(9(10)11)5-8-3-2-4-12-6-8/h7-8H,2-6H2,1H3,(H2,10,11)/t7?,8-/m1/s1. The Morgan fingerprint density at radius 3 is 3.00 bits per heavy atom. The summed E-state index contributed by atoms with van der Waals surface area (Å²) in [5.41, 5.74) is 5.17. The van der Waals surface area contributed by atoms with E-state index in [1.54, 1.807) is 0 Å². The van der Waals surface area contributed by atoms with Crippen LogP contribution in [-0.4, -0.2) is 19.1 Å². The van der Waals surface area contributed by atoms with Gasteiger partial charge in [-0.15, -0.1) is 0 Å². The lowest BCUT2D eigenvalue weighted by atomic mass is 9.91. The summed E-state index contributed by atoms with van der Waals surface area (Å²) in [5.74, 6) is 0.346. The molecule has 3 nitrogen and oxygen atoms in total. The summed E-state index contributed by atoms with van der Waals surface area (Å²) in [6.45, 7) is 3.57. The van der Waals surface area contributed by atoms with Gasteiger partial charge in [-0.1, -0.05) is 6.92 Å². The quantitative estimate of drug-likeness (QED) is 0.686. The topological polar surface area (TPSA) is 52.3 Å². The van der Waals surface area contributed by atoms with Crippen LogP contribution in [0.3, 0.4) is 0 Å². The summed E-state index contributed by atoms with van der Waals surface area (Å²) in [6, 6.07) is 0. The van der Waals surface area contributed by atoms with E-state index < -0.39 is 0 Å². The van der Waals surface area contributed by atoms with Gasteiger partial charge in [-0.3, -0.25) is 4.79 Å². The Bertz CT molecular complexity index is 153. The SMILES string of the molecule is CC(C[C@H]1CCCOC1)C(N)=O. The van der Waals surface area contributed by atoms with Crippen molar-refractivity contribution in [3.63, 3.8) is 0 Å². The zero-order valence-electron chi connectivity index (χ0n) is 7.58. The van der Waals surface area contributed by atoms with Crippen molar-refractivity contribution in [2.24, 2.45) is 17.6 Å². The lowest BCUT2D eigenvalue weighted by molar-refractivity contribution is -0.122. The van der Waals surface area contributed by atoms with Gasteiger partial charge in [0.25, 0.3) is 0 Å². The predicted octanol–water partition coefficient (Wildman–Crippen LogP) is 0.924. The lowest BCUT2D eigenvalue weighted by Gasteiger charge is -2.23. The molecule has 0 bridgehead atoms. The number of rotatable bonds is 3. The normalized spacial score (nSPS) is 26.6. The van der Waals surface area contributed by atoms with Crippen molar-refractivity contribution in [2.75, 3.05) is 13.2 Å². The minimum absolute atomic E-state index is 0.00306. The molecule has 1 rings (SSSR count). The molecule has 2 atom stereocenters. The molecule has 1 saturated heterocycles. The molecule has 0 spiro atoms. The second kappa shape index (κ2) is 4.45. The van der Waals surface area contributed by atoms with Gasteiger partial charge in [-0.2, -0.15) is 0 Å². The Morgan fingerprint density at radius 1 is 1.75 bits per heavy atom. The fourth-order valence-electron chi connectivity index (χ4n) is 1.61. The smallest absolute Gasteiger partial charge is 0.220 e. The highest BCUT2D eigenvalue weighted by molar-refractivity contribution is 5.76. The summed E-state index contributed by atoms with van der Waals surface area (Å²) in [4.78, 5) is 10.8. The molecule has 0 aromatic carbocycles. The third-order valence-electron chi connectivity index (χ3n) is 2.43. The number of carbonyl (C=O) groups is 1. The van der Waals surface area contributed by atoms with Crippen LogP contribution in [0.1, 0.15) is 26.2 Å². The molecule has 0 aliphatic carbocycles. The van der Waals surface area contributed by atoms with Crippen molar-refractivity contribution in [3.05, 3.63) is 0 Å². The van der Waals surface area contributed by atoms with Crippen LogP contribution >= 0.6 is 0 Å². The molecule has 70 valence electrons. The summed E-state index contributed by atoms with van der Waals surface area (Å²) >= 11 is 0.